The van der Waals surface area contributed by atoms with Crippen LogP contribution in [0.5, 0.6) is 5.75 Å². The van der Waals surface area contributed by atoms with Crippen LogP contribution in [-0.2, 0) is 17.5 Å². The number of piperidine rings is 1. The molecule has 12 heteroatoms. The summed E-state index contributed by atoms with van der Waals surface area (Å²) in [6, 6.07) is 15.3. The SMILES string of the molecule is FC(F)(F)c1ccc(Cn2cnc3c(NCCOc4ccccc4)nc(N4CCC(N5CCOCC5)CC4)nc32)cc1. The molecule has 2 aliphatic heterocycles. The first kappa shape index (κ1) is 28.2. The largest absolute Gasteiger partial charge is 0.492 e. The summed E-state index contributed by atoms with van der Waals surface area (Å²) in [4.78, 5) is 19.1. The van der Waals surface area contributed by atoms with Crippen LogP contribution >= 0.6 is 0 Å². The second-order valence-electron chi connectivity index (χ2n) is 10.6. The lowest BCUT2D eigenvalue weighted by Crippen LogP contribution is -2.49. The summed E-state index contributed by atoms with van der Waals surface area (Å²) in [5.74, 6) is 2.01. The van der Waals surface area contributed by atoms with Gasteiger partial charge in [-0.1, -0.05) is 30.3 Å². The summed E-state index contributed by atoms with van der Waals surface area (Å²) in [7, 11) is 0. The molecule has 4 heterocycles. The highest BCUT2D eigenvalue weighted by molar-refractivity contribution is 5.84. The molecule has 0 unspecified atom stereocenters. The highest BCUT2D eigenvalue weighted by atomic mass is 19.4. The summed E-state index contributed by atoms with van der Waals surface area (Å²) >= 11 is 0. The van der Waals surface area contributed by atoms with Gasteiger partial charge in [0.1, 0.15) is 12.4 Å². The van der Waals surface area contributed by atoms with E-state index in [9.17, 15) is 13.2 Å². The molecule has 2 aromatic carbocycles. The molecule has 6 rings (SSSR count). The predicted octanol–water partition coefficient (Wildman–Crippen LogP) is 4.69. The van der Waals surface area contributed by atoms with Crippen LogP contribution in [0, 0.1) is 0 Å². The summed E-state index contributed by atoms with van der Waals surface area (Å²) in [5.41, 5.74) is 1.28. The summed E-state index contributed by atoms with van der Waals surface area (Å²) in [6.07, 6.45) is -0.681. The first-order chi connectivity index (χ1) is 20.4. The summed E-state index contributed by atoms with van der Waals surface area (Å²) < 4.78 is 52.4. The van der Waals surface area contributed by atoms with Crippen LogP contribution in [0.1, 0.15) is 24.0 Å². The molecule has 0 bridgehead atoms. The molecule has 0 aliphatic carbocycles. The molecule has 2 aromatic heterocycles. The third kappa shape index (κ3) is 6.60. The van der Waals surface area contributed by atoms with Crippen molar-refractivity contribution in [1.82, 2.24) is 24.4 Å². The van der Waals surface area contributed by atoms with Crippen molar-refractivity contribution in [3.8, 4) is 5.75 Å². The van der Waals surface area contributed by atoms with E-state index in [4.69, 9.17) is 19.4 Å². The van der Waals surface area contributed by atoms with E-state index in [0.717, 1.165) is 75.7 Å². The summed E-state index contributed by atoms with van der Waals surface area (Å²) in [5, 5.41) is 3.37. The van der Waals surface area contributed by atoms with Gasteiger partial charge in [0.15, 0.2) is 17.0 Å². The molecule has 0 atom stereocenters. The molecule has 2 saturated heterocycles. The maximum Gasteiger partial charge on any atom is 0.416 e. The van der Waals surface area contributed by atoms with Crippen molar-refractivity contribution in [1.29, 1.82) is 0 Å². The highest BCUT2D eigenvalue weighted by Crippen LogP contribution is 2.30. The van der Waals surface area contributed by atoms with Gasteiger partial charge in [-0.25, -0.2) is 4.98 Å². The number of rotatable bonds is 9. The van der Waals surface area contributed by atoms with Crippen LogP contribution in [0.15, 0.2) is 60.9 Å². The number of anilines is 2. The summed E-state index contributed by atoms with van der Waals surface area (Å²) in [6.45, 7) is 6.44. The minimum atomic E-state index is -4.37. The number of nitrogens with one attached hydrogen (secondary N) is 1. The fraction of sp³-hybridized carbons (Fsp3) is 0.433. The van der Waals surface area contributed by atoms with Crippen molar-refractivity contribution >= 4 is 22.9 Å². The molecule has 42 heavy (non-hydrogen) atoms. The second kappa shape index (κ2) is 12.5. The molecule has 2 fully saturated rings. The Labute approximate surface area is 242 Å². The van der Waals surface area contributed by atoms with E-state index in [2.05, 4.69) is 20.1 Å². The standard InChI is InChI=1S/C30H34F3N7O2/c31-30(32,33)23-8-6-22(7-9-23)20-40-21-35-26-27(34-12-17-42-25-4-2-1-3-5-25)36-29(37-28(26)40)39-13-10-24(11-14-39)38-15-18-41-19-16-38/h1-9,21,24H,10-20H2,(H,34,36,37). The zero-order chi connectivity index (χ0) is 28.9. The number of para-hydroxylation sites is 1. The zero-order valence-electron chi connectivity index (χ0n) is 23.3. The van der Waals surface area contributed by atoms with Crippen molar-refractivity contribution in [3.05, 3.63) is 72.1 Å². The van der Waals surface area contributed by atoms with E-state index in [1.54, 1.807) is 6.33 Å². The molecule has 222 valence electrons. The monoisotopic (exact) mass is 581 g/mol. The quantitative estimate of drug-likeness (QED) is 0.286. The van der Waals surface area contributed by atoms with Crippen molar-refractivity contribution in [2.75, 3.05) is 62.8 Å². The first-order valence-corrected chi connectivity index (χ1v) is 14.3. The van der Waals surface area contributed by atoms with E-state index in [1.807, 2.05) is 34.9 Å². The Morgan fingerprint density at radius 3 is 2.38 bits per heavy atom. The third-order valence-electron chi connectivity index (χ3n) is 7.80. The number of hydrogen-bond donors (Lipinski definition) is 1. The average molecular weight is 582 g/mol. The van der Waals surface area contributed by atoms with Crippen molar-refractivity contribution < 1.29 is 22.6 Å². The normalized spacial score (nSPS) is 17.1. The van der Waals surface area contributed by atoms with Crippen molar-refractivity contribution in [2.45, 2.75) is 31.6 Å². The van der Waals surface area contributed by atoms with Gasteiger partial charge in [0.05, 0.1) is 38.2 Å². The molecule has 0 saturated carbocycles. The molecular weight excluding hydrogens is 547 g/mol. The van der Waals surface area contributed by atoms with E-state index < -0.39 is 11.7 Å². The topological polar surface area (TPSA) is 80.6 Å². The van der Waals surface area contributed by atoms with Crippen LogP contribution in [0.4, 0.5) is 24.9 Å². The molecule has 4 aromatic rings. The number of fused-ring (bicyclic) bond motifs is 1. The maximum absolute atomic E-state index is 13.1. The van der Waals surface area contributed by atoms with Crippen LogP contribution in [-0.4, -0.2) is 83.0 Å². The molecule has 0 amide bonds. The van der Waals surface area contributed by atoms with Gasteiger partial charge >= 0.3 is 6.18 Å². The number of ether oxygens (including phenoxy) is 2. The Bertz CT molecular complexity index is 1450. The zero-order valence-corrected chi connectivity index (χ0v) is 23.3. The fourth-order valence-electron chi connectivity index (χ4n) is 5.54. The van der Waals surface area contributed by atoms with Crippen molar-refractivity contribution in [2.24, 2.45) is 0 Å². The lowest BCUT2D eigenvalue weighted by atomic mass is 10.0. The molecule has 0 spiro atoms. The molecule has 1 N–H and O–H groups in total. The number of nitrogens with zero attached hydrogens (tertiary/aromatic N) is 6. The van der Waals surface area contributed by atoms with E-state index in [1.165, 1.54) is 12.1 Å². The van der Waals surface area contributed by atoms with Gasteiger partial charge in [-0.2, -0.15) is 23.1 Å². The molecule has 9 nitrogen and oxygen atoms in total. The van der Waals surface area contributed by atoms with E-state index in [0.29, 0.717) is 48.7 Å². The Morgan fingerprint density at radius 1 is 0.929 bits per heavy atom. The number of aromatic nitrogens is 4. The van der Waals surface area contributed by atoms with Gasteiger partial charge in [0, 0.05) is 32.2 Å². The Balaban J connectivity index is 1.21. The Morgan fingerprint density at radius 2 is 1.67 bits per heavy atom. The number of benzene rings is 2. The molecule has 0 radical (unpaired) electrons. The predicted molar refractivity (Wildman–Crippen MR) is 154 cm³/mol. The minimum Gasteiger partial charge on any atom is -0.492 e. The van der Waals surface area contributed by atoms with Gasteiger partial charge in [-0.15, -0.1) is 0 Å². The second-order valence-corrected chi connectivity index (χ2v) is 10.6. The van der Waals surface area contributed by atoms with Crippen LogP contribution < -0.4 is 15.0 Å². The van der Waals surface area contributed by atoms with E-state index >= 15 is 0 Å². The van der Waals surface area contributed by atoms with Crippen molar-refractivity contribution in [3.63, 3.8) is 0 Å². The van der Waals surface area contributed by atoms with Gasteiger partial charge in [0.2, 0.25) is 5.95 Å². The number of morpholine rings is 1. The van der Waals surface area contributed by atoms with Crippen LogP contribution in [0.3, 0.4) is 0 Å². The van der Waals surface area contributed by atoms with Gasteiger partial charge < -0.3 is 24.3 Å². The third-order valence-corrected chi connectivity index (χ3v) is 7.80. The number of hydrogen-bond acceptors (Lipinski definition) is 8. The Hall–Kier alpha value is -3.90. The smallest absolute Gasteiger partial charge is 0.416 e. The van der Waals surface area contributed by atoms with E-state index in [-0.39, 0.29) is 0 Å². The number of imidazole rings is 1. The minimum absolute atomic E-state index is 0.334. The number of alkyl halides is 3. The lowest BCUT2D eigenvalue weighted by molar-refractivity contribution is -0.137. The fourth-order valence-corrected chi connectivity index (χ4v) is 5.54. The van der Waals surface area contributed by atoms with Gasteiger partial charge in [-0.3, -0.25) is 4.90 Å². The maximum atomic E-state index is 13.1. The van der Waals surface area contributed by atoms with Crippen LogP contribution in [0.2, 0.25) is 0 Å². The lowest BCUT2D eigenvalue weighted by Gasteiger charge is -2.40. The highest BCUT2D eigenvalue weighted by Gasteiger charge is 2.30. The first-order valence-electron chi connectivity index (χ1n) is 14.3. The Kier molecular flexibility index (Phi) is 8.43. The van der Waals surface area contributed by atoms with Crippen LogP contribution in [0.25, 0.3) is 11.2 Å². The molecule has 2 aliphatic rings. The molecular formula is C30H34F3N7O2. The van der Waals surface area contributed by atoms with Gasteiger partial charge in [-0.05, 0) is 42.7 Å². The average Bonchev–Trinajstić information content (AvgIpc) is 3.42. The number of halogens is 3. The van der Waals surface area contributed by atoms with Gasteiger partial charge in [0.25, 0.3) is 0 Å².